The number of aromatic nitrogens is 4. The molecule has 6 heteroatoms. The summed E-state index contributed by atoms with van der Waals surface area (Å²) in [6.45, 7) is 1.47. The molecule has 0 saturated carbocycles. The van der Waals surface area contributed by atoms with Crippen LogP contribution in [-0.4, -0.2) is 25.9 Å². The van der Waals surface area contributed by atoms with Crippen molar-refractivity contribution >= 4 is 11.0 Å². The quantitative estimate of drug-likeness (QED) is 0.539. The van der Waals surface area contributed by atoms with Gasteiger partial charge in [0.25, 0.3) is 5.56 Å². The predicted octanol–water partition coefficient (Wildman–Crippen LogP) is 2.72. The summed E-state index contributed by atoms with van der Waals surface area (Å²) in [6, 6.07) is 19.4. The first-order valence-electron chi connectivity index (χ1n) is 8.44. The molecule has 130 valence electrons. The van der Waals surface area contributed by atoms with Gasteiger partial charge >= 0.3 is 0 Å². The molecule has 2 heterocycles. The molecule has 0 amide bonds. The van der Waals surface area contributed by atoms with Gasteiger partial charge in [0.1, 0.15) is 24.1 Å². The number of benzene rings is 2. The number of fused-ring (bicyclic) bond motifs is 1. The van der Waals surface area contributed by atoms with E-state index in [0.717, 1.165) is 11.3 Å². The second-order valence-corrected chi connectivity index (χ2v) is 5.93. The number of ether oxygens (including phenoxy) is 1. The fraction of sp³-hybridized carbons (Fsp3) is 0.150. The highest BCUT2D eigenvalue weighted by molar-refractivity contribution is 5.72. The van der Waals surface area contributed by atoms with E-state index in [1.54, 1.807) is 21.8 Å². The Morgan fingerprint density at radius 2 is 1.69 bits per heavy atom. The van der Waals surface area contributed by atoms with E-state index in [-0.39, 0.29) is 5.56 Å². The smallest absolute Gasteiger partial charge is 0.264 e. The van der Waals surface area contributed by atoms with Crippen molar-refractivity contribution in [3.8, 4) is 5.75 Å². The maximum absolute atomic E-state index is 12.7. The number of hydrogen-bond donors (Lipinski definition) is 0. The van der Waals surface area contributed by atoms with E-state index in [2.05, 4.69) is 10.1 Å². The van der Waals surface area contributed by atoms with Crippen molar-refractivity contribution in [2.45, 2.75) is 13.1 Å². The summed E-state index contributed by atoms with van der Waals surface area (Å²) in [5, 5.41) is 4.81. The van der Waals surface area contributed by atoms with Crippen LogP contribution in [0.3, 0.4) is 0 Å². The lowest BCUT2D eigenvalue weighted by molar-refractivity contribution is 0.293. The van der Waals surface area contributed by atoms with Crippen LogP contribution in [0.15, 0.2) is 78.0 Å². The van der Waals surface area contributed by atoms with Gasteiger partial charge in [-0.25, -0.2) is 9.67 Å². The standard InChI is InChI=1S/C20H18N4O2/c25-20-18-13-22-24(11-12-26-17-9-5-2-6-10-17)19(18)21-15-23(20)14-16-7-3-1-4-8-16/h1-10,13,15H,11-12,14H2. The molecular weight excluding hydrogens is 328 g/mol. The summed E-state index contributed by atoms with van der Waals surface area (Å²) in [5.74, 6) is 0.808. The zero-order chi connectivity index (χ0) is 17.8. The molecule has 2 aromatic heterocycles. The van der Waals surface area contributed by atoms with Crippen LogP contribution in [-0.2, 0) is 13.1 Å². The Morgan fingerprint density at radius 3 is 2.46 bits per heavy atom. The third-order valence-electron chi connectivity index (χ3n) is 4.13. The first-order chi connectivity index (χ1) is 12.8. The minimum absolute atomic E-state index is 0.0888. The maximum Gasteiger partial charge on any atom is 0.264 e. The van der Waals surface area contributed by atoms with Gasteiger partial charge in [0.05, 0.1) is 19.3 Å². The summed E-state index contributed by atoms with van der Waals surface area (Å²) < 4.78 is 8.99. The molecule has 0 aliphatic heterocycles. The molecule has 4 rings (SSSR count). The maximum atomic E-state index is 12.7. The molecule has 0 aliphatic rings. The first kappa shape index (κ1) is 16.1. The van der Waals surface area contributed by atoms with Crippen LogP contribution >= 0.6 is 0 Å². The molecule has 0 saturated heterocycles. The first-order valence-corrected chi connectivity index (χ1v) is 8.44. The second-order valence-electron chi connectivity index (χ2n) is 5.93. The lowest BCUT2D eigenvalue weighted by atomic mass is 10.2. The normalized spacial score (nSPS) is 10.9. The van der Waals surface area contributed by atoms with Crippen LogP contribution in [0.4, 0.5) is 0 Å². The van der Waals surface area contributed by atoms with Crippen LogP contribution in [0.5, 0.6) is 5.75 Å². The number of hydrogen-bond acceptors (Lipinski definition) is 4. The Hall–Kier alpha value is -3.41. The minimum Gasteiger partial charge on any atom is -0.492 e. The summed E-state index contributed by atoms with van der Waals surface area (Å²) in [7, 11) is 0. The highest BCUT2D eigenvalue weighted by Gasteiger charge is 2.10. The van der Waals surface area contributed by atoms with E-state index >= 15 is 0 Å². The highest BCUT2D eigenvalue weighted by Crippen LogP contribution is 2.10. The van der Waals surface area contributed by atoms with E-state index in [1.807, 2.05) is 60.7 Å². The molecular formula is C20H18N4O2. The van der Waals surface area contributed by atoms with Gasteiger partial charge in [0.2, 0.25) is 0 Å². The van der Waals surface area contributed by atoms with E-state index in [0.29, 0.717) is 30.7 Å². The van der Waals surface area contributed by atoms with Crippen molar-refractivity contribution in [2.75, 3.05) is 6.61 Å². The Labute approximate surface area is 150 Å². The number of para-hydroxylation sites is 1. The average Bonchev–Trinajstić information content (AvgIpc) is 3.10. The monoisotopic (exact) mass is 346 g/mol. The predicted molar refractivity (Wildman–Crippen MR) is 99.3 cm³/mol. The van der Waals surface area contributed by atoms with Crippen LogP contribution in [0, 0.1) is 0 Å². The number of nitrogens with zero attached hydrogens (tertiary/aromatic N) is 4. The molecule has 0 spiro atoms. The number of rotatable bonds is 6. The minimum atomic E-state index is -0.0888. The van der Waals surface area contributed by atoms with E-state index in [9.17, 15) is 4.79 Å². The van der Waals surface area contributed by atoms with Crippen molar-refractivity contribution < 1.29 is 4.74 Å². The Balaban J connectivity index is 1.51. The van der Waals surface area contributed by atoms with Crippen molar-refractivity contribution in [3.63, 3.8) is 0 Å². The third kappa shape index (κ3) is 3.35. The molecule has 0 unspecified atom stereocenters. The molecule has 26 heavy (non-hydrogen) atoms. The van der Waals surface area contributed by atoms with Crippen LogP contribution < -0.4 is 10.3 Å². The van der Waals surface area contributed by atoms with Crippen LogP contribution in [0.1, 0.15) is 5.56 Å². The fourth-order valence-corrected chi connectivity index (χ4v) is 2.82. The average molecular weight is 346 g/mol. The zero-order valence-electron chi connectivity index (χ0n) is 14.2. The van der Waals surface area contributed by atoms with Crippen molar-refractivity contribution in [1.29, 1.82) is 0 Å². The summed E-state index contributed by atoms with van der Waals surface area (Å²) in [6.07, 6.45) is 3.16. The van der Waals surface area contributed by atoms with E-state index < -0.39 is 0 Å². The topological polar surface area (TPSA) is 61.9 Å². The van der Waals surface area contributed by atoms with Crippen LogP contribution in [0.2, 0.25) is 0 Å². The van der Waals surface area contributed by atoms with Gasteiger partial charge in [-0.05, 0) is 17.7 Å². The van der Waals surface area contributed by atoms with Crippen LogP contribution in [0.25, 0.3) is 11.0 Å². The van der Waals surface area contributed by atoms with Crippen molar-refractivity contribution in [2.24, 2.45) is 0 Å². The largest absolute Gasteiger partial charge is 0.492 e. The van der Waals surface area contributed by atoms with Gasteiger partial charge in [-0.3, -0.25) is 9.36 Å². The van der Waals surface area contributed by atoms with Gasteiger partial charge in [-0.15, -0.1) is 0 Å². The molecule has 2 aromatic carbocycles. The van der Waals surface area contributed by atoms with Crippen molar-refractivity contribution in [3.05, 3.63) is 89.1 Å². The van der Waals surface area contributed by atoms with Crippen molar-refractivity contribution in [1.82, 2.24) is 19.3 Å². The molecule has 4 aromatic rings. The van der Waals surface area contributed by atoms with Gasteiger partial charge < -0.3 is 4.74 Å². The summed E-state index contributed by atoms with van der Waals surface area (Å²) in [5.41, 5.74) is 1.55. The zero-order valence-corrected chi connectivity index (χ0v) is 14.2. The fourth-order valence-electron chi connectivity index (χ4n) is 2.82. The van der Waals surface area contributed by atoms with Gasteiger partial charge in [-0.2, -0.15) is 5.10 Å². The van der Waals surface area contributed by atoms with Gasteiger partial charge in [0.15, 0.2) is 5.65 Å². The Bertz CT molecular complexity index is 1060. The highest BCUT2D eigenvalue weighted by atomic mass is 16.5. The summed E-state index contributed by atoms with van der Waals surface area (Å²) >= 11 is 0. The molecule has 0 radical (unpaired) electrons. The third-order valence-corrected chi connectivity index (χ3v) is 4.13. The summed E-state index contributed by atoms with van der Waals surface area (Å²) in [4.78, 5) is 17.1. The molecule has 0 bridgehead atoms. The lowest BCUT2D eigenvalue weighted by Gasteiger charge is -2.08. The SMILES string of the molecule is O=c1c2cnn(CCOc3ccccc3)c2ncn1Cc1ccccc1. The van der Waals surface area contributed by atoms with Gasteiger partial charge in [-0.1, -0.05) is 48.5 Å². The molecule has 0 fully saturated rings. The van der Waals surface area contributed by atoms with E-state index in [1.165, 1.54) is 0 Å². The van der Waals surface area contributed by atoms with E-state index in [4.69, 9.17) is 4.74 Å². The Kier molecular flexibility index (Phi) is 4.47. The molecule has 6 nitrogen and oxygen atoms in total. The van der Waals surface area contributed by atoms with Gasteiger partial charge in [0, 0.05) is 0 Å². The molecule has 0 aliphatic carbocycles. The molecule has 0 atom stereocenters. The Morgan fingerprint density at radius 1 is 0.962 bits per heavy atom. The molecule has 0 N–H and O–H groups in total. The second kappa shape index (κ2) is 7.23. The lowest BCUT2D eigenvalue weighted by Crippen LogP contribution is -2.21.